The second-order valence-corrected chi connectivity index (χ2v) is 4.22. The Balaban J connectivity index is 2.40. The predicted octanol–water partition coefficient (Wildman–Crippen LogP) is 3.43. The third-order valence-corrected chi connectivity index (χ3v) is 3.08. The van der Waals surface area contributed by atoms with E-state index >= 15 is 0 Å². The van der Waals surface area contributed by atoms with Gasteiger partial charge in [-0.25, -0.2) is 0 Å². The number of carbonyl (C=O) groups is 1. The lowest BCUT2D eigenvalue weighted by Gasteiger charge is -1.98. The maximum atomic E-state index is 10.9. The molecule has 1 aliphatic carbocycles. The van der Waals surface area contributed by atoms with E-state index in [9.17, 15) is 4.79 Å². The van der Waals surface area contributed by atoms with Gasteiger partial charge in [-0.1, -0.05) is 12.1 Å². The molecule has 0 N–H and O–H groups in total. The van der Waals surface area contributed by atoms with E-state index in [2.05, 4.69) is 13.0 Å². The number of aldehydes is 1. The minimum absolute atomic E-state index is 0.529. The number of hydrogen-bond donors (Lipinski definition) is 0. The Labute approximate surface area is 87.9 Å². The molecule has 2 heteroatoms. The van der Waals surface area contributed by atoms with Gasteiger partial charge in [0.15, 0.2) is 12.0 Å². The molecule has 1 aromatic heterocycles. The molecule has 76 valence electrons. The average Bonchev–Trinajstić information content (AvgIpc) is 2.99. The third kappa shape index (κ3) is 1.21. The number of furan rings is 1. The van der Waals surface area contributed by atoms with Crippen LogP contribution >= 0.6 is 0 Å². The Bertz CT molecular complexity index is 533. The van der Waals surface area contributed by atoms with Crippen molar-refractivity contribution in [3.63, 3.8) is 0 Å². The molecule has 1 aromatic carbocycles. The normalized spacial score (nSPS) is 15.8. The van der Waals surface area contributed by atoms with Crippen molar-refractivity contribution < 1.29 is 9.21 Å². The number of carbonyl (C=O) groups excluding carboxylic acids is 1. The minimum atomic E-state index is 0.529. The van der Waals surface area contributed by atoms with Gasteiger partial charge in [-0.3, -0.25) is 4.79 Å². The summed E-state index contributed by atoms with van der Waals surface area (Å²) >= 11 is 0. The van der Waals surface area contributed by atoms with E-state index in [0.717, 1.165) is 22.8 Å². The molecule has 0 saturated heterocycles. The van der Waals surface area contributed by atoms with Crippen LogP contribution in [-0.2, 0) is 0 Å². The second-order valence-electron chi connectivity index (χ2n) is 4.22. The summed E-state index contributed by atoms with van der Waals surface area (Å²) in [5.41, 5.74) is 3.18. The molecule has 0 bridgehead atoms. The summed E-state index contributed by atoms with van der Waals surface area (Å²) in [4.78, 5) is 10.9. The molecule has 0 spiro atoms. The number of hydrogen-bond acceptors (Lipinski definition) is 2. The summed E-state index contributed by atoms with van der Waals surface area (Å²) in [7, 11) is 0. The monoisotopic (exact) mass is 200 g/mol. The zero-order chi connectivity index (χ0) is 10.4. The molecule has 2 aromatic rings. The Hall–Kier alpha value is -1.57. The van der Waals surface area contributed by atoms with Gasteiger partial charge in [0.2, 0.25) is 0 Å². The van der Waals surface area contributed by atoms with E-state index in [-0.39, 0.29) is 0 Å². The van der Waals surface area contributed by atoms with Crippen molar-refractivity contribution in [3.8, 4) is 0 Å². The van der Waals surface area contributed by atoms with Crippen LogP contribution in [0.25, 0.3) is 11.0 Å². The lowest BCUT2D eigenvalue weighted by atomic mass is 10.0. The lowest BCUT2D eigenvalue weighted by molar-refractivity contribution is 0.110. The van der Waals surface area contributed by atoms with Crippen molar-refractivity contribution >= 4 is 17.3 Å². The Morgan fingerprint density at radius 2 is 2.20 bits per heavy atom. The zero-order valence-corrected chi connectivity index (χ0v) is 8.62. The van der Waals surface area contributed by atoms with Crippen molar-refractivity contribution in [2.45, 2.75) is 25.7 Å². The van der Waals surface area contributed by atoms with Crippen molar-refractivity contribution in [3.05, 3.63) is 35.1 Å². The van der Waals surface area contributed by atoms with Crippen LogP contribution in [0.4, 0.5) is 0 Å². The largest absolute Gasteiger partial charge is 0.453 e. The fourth-order valence-corrected chi connectivity index (χ4v) is 2.23. The van der Waals surface area contributed by atoms with Crippen molar-refractivity contribution in [2.24, 2.45) is 0 Å². The molecule has 15 heavy (non-hydrogen) atoms. The van der Waals surface area contributed by atoms with Gasteiger partial charge >= 0.3 is 0 Å². The quantitative estimate of drug-likeness (QED) is 0.695. The minimum Gasteiger partial charge on any atom is -0.453 e. The highest BCUT2D eigenvalue weighted by atomic mass is 16.3. The molecule has 1 saturated carbocycles. The molecule has 3 rings (SSSR count). The number of aryl methyl sites for hydroxylation is 1. The van der Waals surface area contributed by atoms with Crippen LogP contribution in [0.2, 0.25) is 0 Å². The van der Waals surface area contributed by atoms with Crippen LogP contribution in [0.15, 0.2) is 22.6 Å². The highest BCUT2D eigenvalue weighted by Gasteiger charge is 2.31. The van der Waals surface area contributed by atoms with Crippen LogP contribution in [0, 0.1) is 6.92 Å². The van der Waals surface area contributed by atoms with E-state index in [0.29, 0.717) is 11.7 Å². The van der Waals surface area contributed by atoms with Crippen LogP contribution in [0.1, 0.15) is 40.4 Å². The molecular formula is C13H12O2. The van der Waals surface area contributed by atoms with Crippen LogP contribution in [0.3, 0.4) is 0 Å². The smallest absolute Gasteiger partial charge is 0.185 e. The first-order chi connectivity index (χ1) is 7.31. The van der Waals surface area contributed by atoms with Gasteiger partial charge in [0.25, 0.3) is 0 Å². The van der Waals surface area contributed by atoms with E-state index in [1.165, 1.54) is 18.4 Å². The Morgan fingerprint density at radius 3 is 2.87 bits per heavy atom. The molecule has 0 atom stereocenters. The summed E-state index contributed by atoms with van der Waals surface area (Å²) in [6.07, 6.45) is 3.21. The summed E-state index contributed by atoms with van der Waals surface area (Å²) in [5, 5.41) is 1.15. The van der Waals surface area contributed by atoms with Crippen LogP contribution in [-0.4, -0.2) is 6.29 Å². The topological polar surface area (TPSA) is 30.2 Å². The number of fused-ring (bicyclic) bond motifs is 1. The molecule has 1 fully saturated rings. The number of rotatable bonds is 2. The van der Waals surface area contributed by atoms with Gasteiger partial charge in [0.05, 0.1) is 0 Å². The number of benzene rings is 1. The molecule has 1 aliphatic rings. The molecule has 2 nitrogen and oxygen atoms in total. The lowest BCUT2D eigenvalue weighted by Crippen LogP contribution is -1.85. The molecule has 0 radical (unpaired) electrons. The van der Waals surface area contributed by atoms with Gasteiger partial charge in [0.1, 0.15) is 5.58 Å². The fraction of sp³-hybridized carbons (Fsp3) is 0.308. The van der Waals surface area contributed by atoms with Gasteiger partial charge in [-0.2, -0.15) is 0 Å². The van der Waals surface area contributed by atoms with E-state index < -0.39 is 0 Å². The first kappa shape index (κ1) is 8.72. The van der Waals surface area contributed by atoms with Crippen LogP contribution in [0.5, 0.6) is 0 Å². The maximum absolute atomic E-state index is 10.9. The zero-order valence-electron chi connectivity index (χ0n) is 8.62. The molecule has 0 unspecified atom stereocenters. The van der Waals surface area contributed by atoms with Gasteiger partial charge < -0.3 is 4.42 Å². The van der Waals surface area contributed by atoms with E-state index in [4.69, 9.17) is 4.42 Å². The second kappa shape index (κ2) is 2.96. The van der Waals surface area contributed by atoms with Crippen LogP contribution < -0.4 is 0 Å². The standard InChI is InChI=1S/C13H12O2/c1-8-3-2-4-10-12(8)13(9-5-6-9)11(7-14)15-10/h2-4,7,9H,5-6H2,1H3. The molecular weight excluding hydrogens is 188 g/mol. The summed E-state index contributed by atoms with van der Waals surface area (Å²) < 4.78 is 5.56. The van der Waals surface area contributed by atoms with E-state index in [1.807, 2.05) is 12.1 Å². The maximum Gasteiger partial charge on any atom is 0.185 e. The summed E-state index contributed by atoms with van der Waals surface area (Å²) in [5.74, 6) is 1.08. The highest BCUT2D eigenvalue weighted by Crippen LogP contribution is 2.46. The predicted molar refractivity (Wildman–Crippen MR) is 58.3 cm³/mol. The SMILES string of the molecule is Cc1cccc2oc(C=O)c(C3CC3)c12. The Kier molecular flexibility index (Phi) is 1.72. The Morgan fingerprint density at radius 1 is 1.40 bits per heavy atom. The highest BCUT2D eigenvalue weighted by molar-refractivity contribution is 5.92. The van der Waals surface area contributed by atoms with Crippen molar-refractivity contribution in [2.75, 3.05) is 0 Å². The van der Waals surface area contributed by atoms with Gasteiger partial charge in [0, 0.05) is 10.9 Å². The average molecular weight is 200 g/mol. The van der Waals surface area contributed by atoms with Crippen molar-refractivity contribution in [1.29, 1.82) is 0 Å². The van der Waals surface area contributed by atoms with Gasteiger partial charge in [-0.15, -0.1) is 0 Å². The molecule has 0 amide bonds. The first-order valence-corrected chi connectivity index (χ1v) is 5.28. The fourth-order valence-electron chi connectivity index (χ4n) is 2.23. The summed E-state index contributed by atoms with van der Waals surface area (Å²) in [6, 6.07) is 5.96. The van der Waals surface area contributed by atoms with Crippen molar-refractivity contribution in [1.82, 2.24) is 0 Å². The first-order valence-electron chi connectivity index (χ1n) is 5.28. The molecule has 0 aliphatic heterocycles. The van der Waals surface area contributed by atoms with E-state index in [1.54, 1.807) is 0 Å². The molecule has 1 heterocycles. The third-order valence-electron chi connectivity index (χ3n) is 3.08. The van der Waals surface area contributed by atoms with Gasteiger partial charge in [-0.05, 0) is 37.3 Å². The summed E-state index contributed by atoms with van der Waals surface area (Å²) in [6.45, 7) is 2.07.